The molecule has 0 N–H and O–H groups in total. The summed E-state index contributed by atoms with van der Waals surface area (Å²) < 4.78 is 2.43. The highest BCUT2D eigenvalue weighted by molar-refractivity contribution is 6.09. The monoisotopic (exact) mass is 830 g/mol. The largest absolute Gasteiger partial charge is 0.310 e. The summed E-state index contributed by atoms with van der Waals surface area (Å²) in [5.74, 6) is 0. The van der Waals surface area contributed by atoms with Gasteiger partial charge in [0.15, 0.2) is 0 Å². The highest BCUT2D eigenvalue weighted by atomic mass is 15.1. The minimum atomic E-state index is -0.239. The molecular weight excluding hydrogens is 785 g/mol. The third kappa shape index (κ3) is 6.49. The van der Waals surface area contributed by atoms with Gasteiger partial charge in [-0.1, -0.05) is 196 Å². The number of aromatic nitrogens is 1. The highest BCUT2D eigenvalue weighted by Crippen LogP contribution is 2.52. The molecule has 0 bridgehead atoms. The van der Waals surface area contributed by atoms with Crippen LogP contribution in [0, 0.1) is 0 Å². The Kier molecular flexibility index (Phi) is 9.21. The molecular formula is C63H46N2. The van der Waals surface area contributed by atoms with E-state index in [0.717, 1.165) is 17.1 Å². The molecule has 0 atom stereocenters. The van der Waals surface area contributed by atoms with Gasteiger partial charge in [0.2, 0.25) is 0 Å². The Hall–Kier alpha value is -8.20. The summed E-state index contributed by atoms with van der Waals surface area (Å²) in [5.41, 5.74) is 21.7. The van der Waals surface area contributed by atoms with E-state index < -0.39 is 0 Å². The second kappa shape index (κ2) is 15.6. The van der Waals surface area contributed by atoms with Crippen molar-refractivity contribution in [3.8, 4) is 61.3 Å². The minimum Gasteiger partial charge on any atom is -0.310 e. The molecule has 2 heteroatoms. The van der Waals surface area contributed by atoms with Crippen LogP contribution in [0.3, 0.4) is 0 Å². The van der Waals surface area contributed by atoms with Crippen molar-refractivity contribution >= 4 is 38.9 Å². The Balaban J connectivity index is 0.962. The van der Waals surface area contributed by atoms with Gasteiger partial charge in [-0.15, -0.1) is 0 Å². The topological polar surface area (TPSA) is 8.17 Å². The lowest BCUT2D eigenvalue weighted by Crippen LogP contribution is -2.17. The summed E-state index contributed by atoms with van der Waals surface area (Å²) in [5, 5.41) is 2.55. The summed E-state index contributed by atoms with van der Waals surface area (Å²) in [6.07, 6.45) is 0. The maximum Gasteiger partial charge on any atom is 0.0541 e. The van der Waals surface area contributed by atoms with Crippen molar-refractivity contribution in [1.82, 2.24) is 4.57 Å². The molecule has 1 aromatic heterocycles. The van der Waals surface area contributed by atoms with Crippen LogP contribution in [0.1, 0.15) is 25.0 Å². The van der Waals surface area contributed by atoms with Crippen LogP contribution in [0.4, 0.5) is 17.1 Å². The number of rotatable bonds is 8. The van der Waals surface area contributed by atoms with E-state index in [0.29, 0.717) is 0 Å². The molecule has 0 aliphatic heterocycles. The van der Waals surface area contributed by atoms with E-state index in [2.05, 4.69) is 266 Å². The fraction of sp³-hybridized carbons (Fsp3) is 0.0476. The summed E-state index contributed by atoms with van der Waals surface area (Å²) in [6.45, 7) is 4.78. The van der Waals surface area contributed by atoms with Gasteiger partial charge in [-0.05, 0) is 127 Å². The van der Waals surface area contributed by atoms with Crippen LogP contribution in [0.15, 0.2) is 243 Å². The lowest BCUT2D eigenvalue weighted by Gasteiger charge is -2.28. The van der Waals surface area contributed by atoms with Crippen LogP contribution in [0.2, 0.25) is 0 Å². The average Bonchev–Trinajstić information content (AvgIpc) is 3.82. The molecule has 0 amide bonds. The van der Waals surface area contributed by atoms with E-state index in [9.17, 15) is 0 Å². The molecule has 1 aliphatic carbocycles. The van der Waals surface area contributed by atoms with Crippen LogP contribution in [-0.4, -0.2) is 4.57 Å². The number of anilines is 3. The van der Waals surface area contributed by atoms with Gasteiger partial charge in [-0.25, -0.2) is 0 Å². The first kappa shape index (κ1) is 38.5. The maximum atomic E-state index is 2.44. The summed E-state index contributed by atoms with van der Waals surface area (Å²) in [7, 11) is 0. The second-order valence-corrected chi connectivity index (χ2v) is 17.7. The van der Waals surface area contributed by atoms with Gasteiger partial charge < -0.3 is 9.47 Å². The van der Waals surface area contributed by atoms with Crippen LogP contribution >= 0.6 is 0 Å². The van der Waals surface area contributed by atoms with Gasteiger partial charge in [-0.2, -0.15) is 0 Å². The highest BCUT2D eigenvalue weighted by Gasteiger charge is 2.36. The summed E-state index contributed by atoms with van der Waals surface area (Å²) >= 11 is 0. The number of nitrogens with zero attached hydrogens (tertiary/aromatic N) is 2. The van der Waals surface area contributed by atoms with Crippen molar-refractivity contribution in [3.63, 3.8) is 0 Å². The van der Waals surface area contributed by atoms with E-state index in [1.165, 1.54) is 94.3 Å². The zero-order valence-corrected chi connectivity index (χ0v) is 36.5. The van der Waals surface area contributed by atoms with E-state index in [4.69, 9.17) is 0 Å². The lowest BCUT2D eigenvalue weighted by atomic mass is 9.82. The molecule has 0 saturated carbocycles. The van der Waals surface area contributed by atoms with Crippen molar-refractivity contribution in [2.45, 2.75) is 19.3 Å². The van der Waals surface area contributed by atoms with Gasteiger partial charge in [0.25, 0.3) is 0 Å². The Labute approximate surface area is 381 Å². The average molecular weight is 831 g/mol. The molecule has 2 nitrogen and oxygen atoms in total. The first-order valence-electron chi connectivity index (χ1n) is 22.6. The molecule has 308 valence electrons. The Morgan fingerprint density at radius 3 is 1.15 bits per heavy atom. The molecule has 0 spiro atoms. The zero-order chi connectivity index (χ0) is 43.5. The molecule has 65 heavy (non-hydrogen) atoms. The molecule has 12 rings (SSSR count). The summed E-state index contributed by atoms with van der Waals surface area (Å²) in [6, 6.07) is 88.7. The molecule has 10 aromatic carbocycles. The minimum absolute atomic E-state index is 0.239. The van der Waals surface area contributed by atoms with E-state index in [-0.39, 0.29) is 5.41 Å². The zero-order valence-electron chi connectivity index (χ0n) is 36.5. The molecule has 0 unspecified atom stereocenters. The number of fused-ring (bicyclic) bond motifs is 6. The Bertz CT molecular complexity index is 3360. The van der Waals surface area contributed by atoms with Crippen LogP contribution in [-0.2, 0) is 5.41 Å². The fourth-order valence-electron chi connectivity index (χ4n) is 10.4. The van der Waals surface area contributed by atoms with Gasteiger partial charge in [0.1, 0.15) is 0 Å². The van der Waals surface area contributed by atoms with Crippen LogP contribution in [0.25, 0.3) is 83.1 Å². The lowest BCUT2D eigenvalue weighted by molar-refractivity contribution is 0.660. The van der Waals surface area contributed by atoms with Gasteiger partial charge in [0, 0.05) is 38.9 Å². The predicted molar refractivity (Wildman–Crippen MR) is 275 cm³/mol. The first-order valence-corrected chi connectivity index (χ1v) is 22.6. The third-order valence-corrected chi connectivity index (χ3v) is 13.6. The van der Waals surface area contributed by atoms with Crippen molar-refractivity contribution in [2.24, 2.45) is 0 Å². The van der Waals surface area contributed by atoms with Gasteiger partial charge in [0.05, 0.1) is 11.0 Å². The second-order valence-electron chi connectivity index (χ2n) is 17.7. The maximum absolute atomic E-state index is 2.44. The standard InChI is InChI=1S/C63H46N2/c1-63(2)59-41-49(37-39-55(59)56-40-38-50(42-60(56)63)65-61-27-15-13-25-57(61)58-26-14-16-28-62(58)65)64(47-33-29-45(30-34-47)53-23-11-9-21-51(53)43-17-5-3-6-18-43)48-35-31-46(32-36-48)54-24-12-10-22-52(54)44-19-7-4-8-20-44/h3-42H,1-2H3. The van der Waals surface area contributed by atoms with Crippen LogP contribution in [0.5, 0.6) is 0 Å². The Morgan fingerprint density at radius 2 is 0.677 bits per heavy atom. The summed E-state index contributed by atoms with van der Waals surface area (Å²) in [4.78, 5) is 2.42. The molecule has 0 radical (unpaired) electrons. The van der Waals surface area contributed by atoms with E-state index >= 15 is 0 Å². The third-order valence-electron chi connectivity index (χ3n) is 13.6. The van der Waals surface area contributed by atoms with Crippen molar-refractivity contribution < 1.29 is 0 Å². The fourth-order valence-corrected chi connectivity index (χ4v) is 10.4. The van der Waals surface area contributed by atoms with E-state index in [1.54, 1.807) is 0 Å². The molecule has 11 aromatic rings. The Morgan fingerprint density at radius 1 is 0.308 bits per heavy atom. The molecule has 0 saturated heterocycles. The number of benzene rings is 10. The number of hydrogen-bond donors (Lipinski definition) is 0. The smallest absolute Gasteiger partial charge is 0.0541 e. The number of para-hydroxylation sites is 2. The molecule has 1 aliphatic rings. The normalized spacial score (nSPS) is 12.6. The predicted octanol–water partition coefficient (Wildman–Crippen LogP) is 17.2. The van der Waals surface area contributed by atoms with Crippen LogP contribution < -0.4 is 4.90 Å². The van der Waals surface area contributed by atoms with Crippen molar-refractivity contribution in [2.75, 3.05) is 4.90 Å². The van der Waals surface area contributed by atoms with Crippen molar-refractivity contribution in [3.05, 3.63) is 254 Å². The van der Waals surface area contributed by atoms with E-state index in [1.807, 2.05) is 0 Å². The van der Waals surface area contributed by atoms with Gasteiger partial charge >= 0.3 is 0 Å². The number of hydrogen-bond acceptors (Lipinski definition) is 1. The van der Waals surface area contributed by atoms with Gasteiger partial charge in [-0.3, -0.25) is 0 Å². The molecule has 0 fully saturated rings. The first-order chi connectivity index (χ1) is 32.0. The van der Waals surface area contributed by atoms with Crippen molar-refractivity contribution in [1.29, 1.82) is 0 Å². The quantitative estimate of drug-likeness (QED) is 0.148. The SMILES string of the molecule is CC1(C)c2cc(N(c3ccc(-c4ccccc4-c4ccccc4)cc3)c3ccc(-c4ccccc4-c4ccccc4)cc3)ccc2-c2ccc(-n3c4ccccc4c4ccccc43)cc21. The molecule has 1 heterocycles.